The Morgan fingerprint density at radius 2 is 1.17 bits per heavy atom. The molecule has 0 spiro atoms. The fourth-order valence-electron chi connectivity index (χ4n) is 4.07. The van der Waals surface area contributed by atoms with Crippen molar-refractivity contribution in [1.82, 2.24) is 15.1 Å². The number of aromatic hydroxyl groups is 2. The second-order valence-corrected chi connectivity index (χ2v) is 12.1. The van der Waals surface area contributed by atoms with E-state index in [0.717, 1.165) is 0 Å². The normalized spacial score (nSPS) is 11.6. The summed E-state index contributed by atoms with van der Waals surface area (Å²) >= 11 is 0. The zero-order valence-corrected chi connectivity index (χ0v) is 31.9. The Labute approximate surface area is 320 Å². The lowest BCUT2D eigenvalue weighted by atomic mass is 10.1. The molecule has 2 rings (SSSR count). The van der Waals surface area contributed by atoms with Crippen LogP contribution in [0.15, 0.2) is 48.5 Å². The van der Waals surface area contributed by atoms with Crippen molar-refractivity contribution in [3.63, 3.8) is 0 Å². The van der Waals surface area contributed by atoms with E-state index < -0.39 is 61.6 Å². The quantitative estimate of drug-likeness (QED) is 0.0762. The van der Waals surface area contributed by atoms with Gasteiger partial charge in [0.2, 0.25) is 13.6 Å². The van der Waals surface area contributed by atoms with Crippen LogP contribution in [0.2, 0.25) is 0 Å². The summed E-state index contributed by atoms with van der Waals surface area (Å²) in [7, 11) is 0. The number of aliphatic hydroxyl groups excluding tert-OH is 2. The van der Waals surface area contributed by atoms with Gasteiger partial charge in [-0.25, -0.2) is 14.4 Å². The molecular weight excluding hydrogens is 736 g/mol. The molecule has 2 atom stereocenters. The number of halogens is 1. The van der Waals surface area contributed by atoms with E-state index in [0.29, 0.717) is 17.7 Å². The smallest absolute Gasteiger partial charge is 0.412 e. The number of aliphatic hydroxyl groups is 2. The predicted molar refractivity (Wildman–Crippen MR) is 195 cm³/mol. The van der Waals surface area contributed by atoms with E-state index in [2.05, 4.69) is 10.1 Å². The molecule has 304 valence electrons. The van der Waals surface area contributed by atoms with E-state index >= 15 is 0 Å². The number of amides is 3. The number of likely N-dealkylation sites (N-methyl/N-ethyl adjacent to an activating group) is 2. The van der Waals surface area contributed by atoms with Crippen molar-refractivity contribution in [1.29, 1.82) is 0 Å². The minimum Gasteiger partial charge on any atom is -0.508 e. The van der Waals surface area contributed by atoms with Crippen molar-refractivity contribution in [3.05, 3.63) is 59.7 Å². The maximum atomic E-state index is 12.1. The minimum atomic E-state index is -1.02. The molecule has 0 aliphatic carbocycles. The summed E-state index contributed by atoms with van der Waals surface area (Å²) < 4.78 is 24.2. The molecule has 7 N–H and O–H groups in total. The second-order valence-electron chi connectivity index (χ2n) is 12.1. The number of hydrogen-bond donors (Lipinski definition) is 6. The highest BCUT2D eigenvalue weighted by Crippen LogP contribution is 2.20. The van der Waals surface area contributed by atoms with Crippen LogP contribution >= 0.6 is 12.4 Å². The van der Waals surface area contributed by atoms with Crippen molar-refractivity contribution < 1.29 is 68.1 Å². The highest BCUT2D eigenvalue weighted by molar-refractivity contribution is 5.85. The Hall–Kier alpha value is -5.04. The van der Waals surface area contributed by atoms with Crippen LogP contribution in [0, 0.1) is 0 Å². The van der Waals surface area contributed by atoms with E-state index in [1.807, 2.05) is 0 Å². The fraction of sp³-hybridized carbons (Fsp3) is 0.514. The topological polar surface area (TPSA) is 257 Å². The maximum absolute atomic E-state index is 12.1. The second kappa shape index (κ2) is 25.9. The molecule has 2 aromatic carbocycles. The van der Waals surface area contributed by atoms with E-state index in [1.165, 1.54) is 34.1 Å². The first-order chi connectivity index (χ1) is 25.0. The average Bonchev–Trinajstić information content (AvgIpc) is 3.08. The molecule has 2 unspecified atom stereocenters. The SMILES string of the molecule is CCN(CC(O)c1cccc(O)c1)C(=O)OCOC(=O)CCN.CCN(CC(O)c1cccc(O)c1)C(=O)OCOC(=O)CCNC(=O)OC(C)(C)C.Cl. The summed E-state index contributed by atoms with van der Waals surface area (Å²) in [6.45, 7) is 8.12. The number of nitrogens with zero attached hydrogens (tertiary/aromatic N) is 2. The monoisotopic (exact) mass is 788 g/mol. The number of hydrogen-bond acceptors (Lipinski definition) is 15. The van der Waals surface area contributed by atoms with Crippen LogP contribution in [0.1, 0.15) is 70.8 Å². The summed E-state index contributed by atoms with van der Waals surface area (Å²) in [4.78, 5) is 60.7. The van der Waals surface area contributed by atoms with Crippen molar-refractivity contribution in [3.8, 4) is 11.5 Å². The molecule has 0 fully saturated rings. The number of alkyl carbamates (subject to hydrolysis) is 1. The Morgan fingerprint density at radius 3 is 1.54 bits per heavy atom. The fourth-order valence-corrected chi connectivity index (χ4v) is 4.07. The average molecular weight is 789 g/mol. The van der Waals surface area contributed by atoms with Crippen molar-refractivity contribution in [2.45, 2.75) is 65.3 Å². The summed E-state index contributed by atoms with van der Waals surface area (Å²) in [5.74, 6) is -1.19. The van der Waals surface area contributed by atoms with Crippen LogP contribution in [0.5, 0.6) is 11.5 Å². The first-order valence-electron chi connectivity index (χ1n) is 16.7. The lowest BCUT2D eigenvalue weighted by Crippen LogP contribution is -2.36. The van der Waals surface area contributed by atoms with E-state index in [-0.39, 0.29) is 69.5 Å². The molecular formula is C35H53ClN4O14. The van der Waals surface area contributed by atoms with Gasteiger partial charge in [-0.1, -0.05) is 24.3 Å². The highest BCUT2D eigenvalue weighted by Gasteiger charge is 2.21. The summed E-state index contributed by atoms with van der Waals surface area (Å²) in [6.07, 6.45) is -4.20. The van der Waals surface area contributed by atoms with Gasteiger partial charge in [0.15, 0.2) is 0 Å². The van der Waals surface area contributed by atoms with Gasteiger partial charge in [0.1, 0.15) is 17.1 Å². The number of nitrogens with one attached hydrogen (secondary N) is 1. The number of esters is 2. The molecule has 0 aliphatic heterocycles. The molecule has 0 saturated carbocycles. The van der Waals surface area contributed by atoms with Crippen LogP contribution in [0.3, 0.4) is 0 Å². The third-order valence-corrected chi connectivity index (χ3v) is 6.73. The zero-order chi connectivity index (χ0) is 40.0. The van der Waals surface area contributed by atoms with E-state index in [9.17, 15) is 44.4 Å². The van der Waals surface area contributed by atoms with Crippen LogP contribution in [-0.4, -0.2) is 119 Å². The molecule has 19 heteroatoms. The number of benzene rings is 2. The van der Waals surface area contributed by atoms with E-state index in [1.54, 1.807) is 58.9 Å². The summed E-state index contributed by atoms with van der Waals surface area (Å²) in [6, 6.07) is 12.2. The first-order valence-corrected chi connectivity index (χ1v) is 16.7. The number of phenolic OH excluding ortho intramolecular Hbond substituents is 2. The largest absolute Gasteiger partial charge is 0.508 e. The lowest BCUT2D eigenvalue weighted by Gasteiger charge is -2.23. The van der Waals surface area contributed by atoms with Gasteiger partial charge in [-0.3, -0.25) is 9.59 Å². The third-order valence-electron chi connectivity index (χ3n) is 6.73. The minimum absolute atomic E-state index is 0. The predicted octanol–water partition coefficient (Wildman–Crippen LogP) is 3.46. The Bertz CT molecular complexity index is 1460. The van der Waals surface area contributed by atoms with Crippen molar-refractivity contribution in [2.75, 3.05) is 52.9 Å². The molecule has 0 heterocycles. The molecule has 54 heavy (non-hydrogen) atoms. The van der Waals surface area contributed by atoms with Crippen molar-refractivity contribution >= 4 is 42.6 Å². The van der Waals surface area contributed by atoms with Crippen LogP contribution in [0.4, 0.5) is 14.4 Å². The first kappa shape index (κ1) is 49.0. The molecule has 2 aromatic rings. The van der Waals surface area contributed by atoms with Gasteiger partial charge in [-0.15, -0.1) is 12.4 Å². The van der Waals surface area contributed by atoms with Crippen molar-refractivity contribution in [2.24, 2.45) is 5.73 Å². The molecule has 18 nitrogen and oxygen atoms in total. The molecule has 3 amide bonds. The van der Waals surface area contributed by atoms with Crippen LogP contribution < -0.4 is 11.1 Å². The molecule has 0 bridgehead atoms. The Morgan fingerprint density at radius 1 is 0.741 bits per heavy atom. The highest BCUT2D eigenvalue weighted by atomic mass is 35.5. The third kappa shape index (κ3) is 20.9. The maximum Gasteiger partial charge on any atom is 0.412 e. The lowest BCUT2D eigenvalue weighted by molar-refractivity contribution is -0.153. The van der Waals surface area contributed by atoms with Gasteiger partial charge in [0, 0.05) is 26.2 Å². The zero-order valence-electron chi connectivity index (χ0n) is 31.1. The molecule has 0 saturated heterocycles. The molecule has 0 radical (unpaired) electrons. The number of rotatable bonds is 17. The van der Waals surface area contributed by atoms with E-state index in [4.69, 9.17) is 24.7 Å². The number of nitrogens with two attached hydrogens (primary N) is 1. The number of phenols is 2. The summed E-state index contributed by atoms with van der Waals surface area (Å²) in [5.41, 5.74) is 5.48. The van der Waals surface area contributed by atoms with Gasteiger partial charge in [-0.2, -0.15) is 0 Å². The van der Waals surface area contributed by atoms with Gasteiger partial charge < -0.3 is 65.0 Å². The van der Waals surface area contributed by atoms with Gasteiger partial charge >= 0.3 is 30.2 Å². The standard InChI is InChI=1S/C20H30N2O8.C15H22N2O6.ClH/c1-5-22(12-16(24)14-7-6-8-15(23)11-14)19(27)29-13-28-17(25)9-10-21-18(26)30-20(2,3)4;1-2-17(15(21)23-10-22-14(20)6-7-16)9-13(19)11-4-3-5-12(18)8-11;/h6-8,11,16,23-24H,5,9-10,12-13H2,1-4H3,(H,21,26);3-5,8,13,18-19H,2,6-7,9-10,16H2,1H3;1H. The summed E-state index contributed by atoms with van der Waals surface area (Å²) in [5, 5.41) is 41.6. The van der Waals surface area contributed by atoms with Gasteiger partial charge in [0.05, 0.1) is 38.1 Å². The van der Waals surface area contributed by atoms with Gasteiger partial charge in [0.25, 0.3) is 0 Å². The number of carbonyl (C=O) groups is 5. The van der Waals surface area contributed by atoms with Crippen LogP contribution in [0.25, 0.3) is 0 Å². The Kier molecular flexibility index (Phi) is 23.4. The van der Waals surface area contributed by atoms with Crippen LogP contribution in [-0.2, 0) is 33.3 Å². The molecule has 0 aromatic heterocycles. The molecule has 0 aliphatic rings. The number of ether oxygens (including phenoxy) is 5. The number of carbonyl (C=O) groups excluding carboxylic acids is 5. The van der Waals surface area contributed by atoms with Gasteiger partial charge in [-0.05, 0) is 70.0 Å². The Balaban J connectivity index is 0.00000106.